The van der Waals surface area contributed by atoms with E-state index in [0.29, 0.717) is 24.9 Å². The number of aryl methyl sites for hydroxylation is 2. The third-order valence-electron chi connectivity index (χ3n) is 4.37. The van der Waals surface area contributed by atoms with E-state index in [4.69, 9.17) is 14.5 Å². The summed E-state index contributed by atoms with van der Waals surface area (Å²) in [5.41, 5.74) is 4.03. The fraction of sp³-hybridized carbons (Fsp3) is 0.250. The van der Waals surface area contributed by atoms with Gasteiger partial charge in [-0.3, -0.25) is 14.7 Å². The smallest absolute Gasteiger partial charge is 0.298 e. The van der Waals surface area contributed by atoms with Crippen LogP contribution in [0, 0.1) is 13.8 Å². The van der Waals surface area contributed by atoms with Crippen molar-refractivity contribution in [2.24, 2.45) is 0 Å². The van der Waals surface area contributed by atoms with Crippen LogP contribution in [0.3, 0.4) is 0 Å². The van der Waals surface area contributed by atoms with Gasteiger partial charge in [-0.15, -0.1) is 0 Å². The van der Waals surface area contributed by atoms with Crippen LogP contribution < -0.4 is 4.90 Å². The Hall–Kier alpha value is -2.93. The van der Waals surface area contributed by atoms with Gasteiger partial charge in [0.05, 0.1) is 22.5 Å². The number of benzene rings is 1. The van der Waals surface area contributed by atoms with Crippen LogP contribution in [0.1, 0.15) is 16.8 Å². The average Bonchev–Trinajstić information content (AvgIpc) is 3.10. The highest BCUT2D eigenvalue weighted by Crippen LogP contribution is 2.32. The minimum Gasteiger partial charge on any atom is -0.494 e. The SMILES string of the molecule is Cc1cc2nc(N(Cc3ccccn3)C(=O)C3=COCCO3)sc2cc1C. The maximum atomic E-state index is 13.1. The maximum absolute atomic E-state index is 13.1. The monoisotopic (exact) mass is 381 g/mol. The van der Waals surface area contributed by atoms with Gasteiger partial charge in [-0.1, -0.05) is 17.4 Å². The van der Waals surface area contributed by atoms with Gasteiger partial charge in [0.1, 0.15) is 19.5 Å². The predicted octanol–water partition coefficient (Wildman–Crippen LogP) is 3.73. The molecule has 3 heterocycles. The molecule has 138 valence electrons. The lowest BCUT2D eigenvalue weighted by molar-refractivity contribution is -0.120. The fourth-order valence-electron chi connectivity index (χ4n) is 2.78. The van der Waals surface area contributed by atoms with Gasteiger partial charge in [0, 0.05) is 6.20 Å². The number of rotatable bonds is 4. The van der Waals surface area contributed by atoms with Crippen molar-refractivity contribution < 1.29 is 14.3 Å². The molecule has 0 radical (unpaired) electrons. The maximum Gasteiger partial charge on any atom is 0.298 e. The van der Waals surface area contributed by atoms with Gasteiger partial charge < -0.3 is 9.47 Å². The van der Waals surface area contributed by atoms with Crippen molar-refractivity contribution >= 4 is 32.6 Å². The zero-order valence-electron chi connectivity index (χ0n) is 15.1. The number of fused-ring (bicyclic) bond motifs is 1. The molecule has 0 saturated heterocycles. The molecule has 1 aromatic carbocycles. The Balaban J connectivity index is 1.74. The molecule has 0 fully saturated rings. The molecule has 1 amide bonds. The normalized spacial score (nSPS) is 13.6. The summed E-state index contributed by atoms with van der Waals surface area (Å²) in [6.07, 6.45) is 3.08. The second kappa shape index (κ2) is 7.36. The van der Waals surface area contributed by atoms with E-state index in [1.165, 1.54) is 28.7 Å². The Morgan fingerprint density at radius 1 is 1.22 bits per heavy atom. The number of amides is 1. The summed E-state index contributed by atoms with van der Waals surface area (Å²) in [6, 6.07) is 9.78. The molecule has 1 aliphatic rings. The number of hydrogen-bond donors (Lipinski definition) is 0. The number of carbonyl (C=O) groups is 1. The molecule has 0 unspecified atom stereocenters. The number of aromatic nitrogens is 2. The lowest BCUT2D eigenvalue weighted by Crippen LogP contribution is -2.34. The quantitative estimate of drug-likeness (QED) is 0.689. The third kappa shape index (κ3) is 3.64. The second-order valence-electron chi connectivity index (χ2n) is 6.31. The summed E-state index contributed by atoms with van der Waals surface area (Å²) in [4.78, 5) is 23.7. The molecular formula is C20H19N3O3S. The Kier molecular flexibility index (Phi) is 4.77. The van der Waals surface area contributed by atoms with Crippen LogP contribution in [0.2, 0.25) is 0 Å². The van der Waals surface area contributed by atoms with E-state index in [9.17, 15) is 4.79 Å². The van der Waals surface area contributed by atoms with Crippen LogP contribution in [0.5, 0.6) is 0 Å². The molecule has 0 atom stereocenters. The molecule has 0 bridgehead atoms. The number of thiazole rings is 1. The number of anilines is 1. The topological polar surface area (TPSA) is 64.6 Å². The van der Waals surface area contributed by atoms with Crippen LogP contribution in [0.25, 0.3) is 10.2 Å². The summed E-state index contributed by atoms with van der Waals surface area (Å²) in [6.45, 7) is 5.23. The lowest BCUT2D eigenvalue weighted by atomic mass is 10.1. The van der Waals surface area contributed by atoms with E-state index in [-0.39, 0.29) is 11.7 Å². The number of pyridine rings is 1. The minimum absolute atomic E-state index is 0.184. The molecule has 27 heavy (non-hydrogen) atoms. The summed E-state index contributed by atoms with van der Waals surface area (Å²) in [5, 5.41) is 0.612. The minimum atomic E-state index is -0.284. The molecule has 4 rings (SSSR count). The van der Waals surface area contributed by atoms with E-state index < -0.39 is 0 Å². The molecule has 6 nitrogen and oxygen atoms in total. The lowest BCUT2D eigenvalue weighted by Gasteiger charge is -2.22. The third-order valence-corrected chi connectivity index (χ3v) is 5.42. The van der Waals surface area contributed by atoms with Crippen molar-refractivity contribution in [3.8, 4) is 0 Å². The first-order valence-electron chi connectivity index (χ1n) is 8.66. The van der Waals surface area contributed by atoms with Gasteiger partial charge in [0.15, 0.2) is 5.13 Å². The van der Waals surface area contributed by atoms with Crippen molar-refractivity contribution in [1.82, 2.24) is 9.97 Å². The zero-order valence-corrected chi connectivity index (χ0v) is 16.0. The molecule has 0 saturated carbocycles. The number of carbonyl (C=O) groups excluding carboxylic acids is 1. The summed E-state index contributed by atoms with van der Waals surface area (Å²) < 4.78 is 11.8. The van der Waals surface area contributed by atoms with Gasteiger partial charge in [-0.05, 0) is 49.2 Å². The largest absolute Gasteiger partial charge is 0.494 e. The van der Waals surface area contributed by atoms with Crippen LogP contribution >= 0.6 is 11.3 Å². The Labute approximate surface area is 161 Å². The summed E-state index contributed by atoms with van der Waals surface area (Å²) in [5.74, 6) is -0.100. The first-order valence-corrected chi connectivity index (χ1v) is 9.47. The van der Waals surface area contributed by atoms with E-state index in [1.807, 2.05) is 24.3 Å². The predicted molar refractivity (Wildman–Crippen MR) is 105 cm³/mol. The van der Waals surface area contributed by atoms with Crippen molar-refractivity contribution in [2.75, 3.05) is 18.1 Å². The van der Waals surface area contributed by atoms with Gasteiger partial charge in [0.2, 0.25) is 5.76 Å². The number of hydrogen-bond acceptors (Lipinski definition) is 6. The summed E-state index contributed by atoms with van der Waals surface area (Å²) >= 11 is 1.48. The average molecular weight is 381 g/mol. The highest BCUT2D eigenvalue weighted by molar-refractivity contribution is 7.22. The second-order valence-corrected chi connectivity index (χ2v) is 7.32. The first kappa shape index (κ1) is 17.5. The van der Waals surface area contributed by atoms with Gasteiger partial charge in [0.25, 0.3) is 5.91 Å². The number of ether oxygens (including phenoxy) is 2. The summed E-state index contributed by atoms with van der Waals surface area (Å²) in [7, 11) is 0. The molecular weight excluding hydrogens is 362 g/mol. The highest BCUT2D eigenvalue weighted by atomic mass is 32.1. The molecule has 2 aromatic heterocycles. The van der Waals surface area contributed by atoms with E-state index in [2.05, 4.69) is 24.9 Å². The van der Waals surface area contributed by atoms with Gasteiger partial charge >= 0.3 is 0 Å². The molecule has 1 aliphatic heterocycles. The van der Waals surface area contributed by atoms with E-state index in [0.717, 1.165) is 15.9 Å². The van der Waals surface area contributed by atoms with Crippen molar-refractivity contribution in [3.63, 3.8) is 0 Å². The van der Waals surface area contributed by atoms with E-state index >= 15 is 0 Å². The van der Waals surface area contributed by atoms with Crippen LogP contribution in [-0.4, -0.2) is 29.1 Å². The molecule has 0 spiro atoms. The number of nitrogens with zero attached hydrogens (tertiary/aromatic N) is 3. The molecule has 0 aliphatic carbocycles. The van der Waals surface area contributed by atoms with E-state index in [1.54, 1.807) is 11.1 Å². The first-order chi connectivity index (χ1) is 13.1. The Morgan fingerprint density at radius 2 is 2.07 bits per heavy atom. The van der Waals surface area contributed by atoms with Crippen LogP contribution in [0.15, 0.2) is 48.5 Å². The fourth-order valence-corrected chi connectivity index (χ4v) is 3.82. The molecule has 3 aromatic rings. The van der Waals surface area contributed by atoms with Gasteiger partial charge in [-0.25, -0.2) is 4.98 Å². The molecule has 7 heteroatoms. The van der Waals surface area contributed by atoms with Crippen LogP contribution in [0.4, 0.5) is 5.13 Å². The Bertz CT molecular complexity index is 975. The molecule has 0 N–H and O–H groups in total. The van der Waals surface area contributed by atoms with Gasteiger partial charge in [-0.2, -0.15) is 0 Å². The zero-order chi connectivity index (χ0) is 18.8. The van der Waals surface area contributed by atoms with Crippen molar-refractivity contribution in [3.05, 3.63) is 65.4 Å². The Morgan fingerprint density at radius 3 is 2.81 bits per heavy atom. The van der Waals surface area contributed by atoms with Crippen molar-refractivity contribution in [1.29, 1.82) is 0 Å². The van der Waals surface area contributed by atoms with Crippen LogP contribution in [-0.2, 0) is 20.8 Å². The van der Waals surface area contributed by atoms with Crippen molar-refractivity contribution in [2.45, 2.75) is 20.4 Å². The highest BCUT2D eigenvalue weighted by Gasteiger charge is 2.26. The standard InChI is InChI=1S/C20H19N3O3S/c1-13-9-16-18(10-14(13)2)27-20(22-16)23(11-15-5-3-4-6-21-15)19(24)17-12-25-7-8-26-17/h3-6,9-10,12H,7-8,11H2,1-2H3.